The van der Waals surface area contributed by atoms with Gasteiger partial charge in [-0.3, -0.25) is 9.59 Å². The van der Waals surface area contributed by atoms with Crippen LogP contribution in [-0.2, 0) is 25.0 Å². The van der Waals surface area contributed by atoms with Gasteiger partial charge in [-0.15, -0.1) is 0 Å². The summed E-state index contributed by atoms with van der Waals surface area (Å²) in [5.74, 6) is -1.73. The first-order chi connectivity index (χ1) is 15.9. The van der Waals surface area contributed by atoms with E-state index in [1.54, 1.807) is 0 Å². The van der Waals surface area contributed by atoms with Crippen molar-refractivity contribution < 1.29 is 49.5 Å². The Morgan fingerprint density at radius 1 is 0.914 bits per heavy atom. The summed E-state index contributed by atoms with van der Waals surface area (Å²) in [5.41, 5.74) is -6.71. The second-order valence-electron chi connectivity index (χ2n) is 7.38. The van der Waals surface area contributed by atoms with Gasteiger partial charge >= 0.3 is 12.4 Å². The molecule has 1 atom stereocenters. The molecule has 0 aromatic heterocycles. The maximum absolute atomic E-state index is 13.0. The number of benzene rings is 2. The third kappa shape index (κ3) is 5.93. The molecule has 0 fully saturated rings. The average Bonchev–Trinajstić information content (AvgIpc) is 2.75. The zero-order chi connectivity index (χ0) is 26.8. The lowest BCUT2D eigenvalue weighted by Crippen LogP contribution is -2.53. The number of sulfone groups is 1. The van der Waals surface area contributed by atoms with Gasteiger partial charge in [0.25, 0.3) is 11.5 Å². The lowest BCUT2D eigenvalue weighted by molar-refractivity contribution is -0.376. The molecule has 0 radical (unpaired) electrons. The molecule has 0 aliphatic rings. The van der Waals surface area contributed by atoms with Crippen molar-refractivity contribution >= 4 is 27.3 Å². The van der Waals surface area contributed by atoms with Crippen LogP contribution in [0.25, 0.3) is 0 Å². The average molecular weight is 526 g/mol. The third-order valence-electron chi connectivity index (χ3n) is 4.95. The number of carbonyl (C=O) groups is 2. The zero-order valence-corrected chi connectivity index (χ0v) is 19.0. The molecule has 0 aliphatic heterocycles. The molecule has 3 N–H and O–H groups in total. The highest BCUT2D eigenvalue weighted by atomic mass is 32.2. The minimum atomic E-state index is -6.07. The number of anilines is 1. The summed E-state index contributed by atoms with van der Waals surface area (Å²) in [6.45, 7) is 2.53. The van der Waals surface area contributed by atoms with Gasteiger partial charge in [0.1, 0.15) is 6.04 Å². The topological polar surface area (TPSA) is 113 Å². The zero-order valence-electron chi connectivity index (χ0n) is 18.2. The molecule has 0 saturated heterocycles. The van der Waals surface area contributed by atoms with Gasteiger partial charge in [0.15, 0.2) is 9.84 Å². The van der Waals surface area contributed by atoms with Gasteiger partial charge in [-0.1, -0.05) is 31.2 Å². The molecule has 2 rings (SSSR count). The van der Waals surface area contributed by atoms with E-state index in [9.17, 15) is 49.5 Å². The van der Waals surface area contributed by atoms with Crippen LogP contribution in [0.3, 0.4) is 0 Å². The van der Waals surface area contributed by atoms with Crippen LogP contribution in [0.1, 0.15) is 31.0 Å². The van der Waals surface area contributed by atoms with E-state index in [0.29, 0.717) is 12.1 Å². The number of rotatable bonds is 7. The second-order valence-corrected chi connectivity index (χ2v) is 9.66. The summed E-state index contributed by atoms with van der Waals surface area (Å²) in [6, 6.07) is 5.78. The standard InChI is InChI=1S/C21H20F6N2O5S/c1-3-35(33,34)16-10-4-13(5-11-16)17(28-12(2)30)18(31)29-15-8-6-14(7-9-15)19(32,20(22,23)24)21(25,26)27/h4-11,17,32H,3H2,1-2H3,(H,28,30)(H,29,31)/t17-/m1/s1. The molecular weight excluding hydrogens is 506 g/mol. The van der Waals surface area contributed by atoms with Crippen molar-refractivity contribution in [3.63, 3.8) is 0 Å². The fraction of sp³-hybridized carbons (Fsp3) is 0.333. The number of amides is 2. The number of alkyl halides is 6. The number of hydrogen-bond donors (Lipinski definition) is 3. The lowest BCUT2D eigenvalue weighted by atomic mass is 9.92. The Morgan fingerprint density at radius 3 is 1.80 bits per heavy atom. The number of aliphatic hydroxyl groups is 1. The smallest absolute Gasteiger partial charge is 0.369 e. The Morgan fingerprint density at radius 2 is 1.40 bits per heavy atom. The van der Waals surface area contributed by atoms with Gasteiger partial charge in [-0.25, -0.2) is 8.42 Å². The molecule has 0 saturated carbocycles. The molecule has 7 nitrogen and oxygen atoms in total. The van der Waals surface area contributed by atoms with Crippen LogP contribution in [0.5, 0.6) is 0 Å². The summed E-state index contributed by atoms with van der Waals surface area (Å²) in [6.07, 6.45) is -12.1. The molecule has 14 heteroatoms. The van der Waals surface area contributed by atoms with Crippen molar-refractivity contribution in [2.75, 3.05) is 11.1 Å². The summed E-state index contributed by atoms with van der Waals surface area (Å²) < 4.78 is 102. The summed E-state index contributed by atoms with van der Waals surface area (Å²) in [7, 11) is -3.54. The monoisotopic (exact) mass is 526 g/mol. The maximum Gasteiger partial charge on any atom is 0.430 e. The second kappa shape index (κ2) is 9.85. The van der Waals surface area contributed by atoms with Crippen LogP contribution < -0.4 is 10.6 Å². The SMILES string of the molecule is CCS(=O)(=O)c1ccc([C@@H](NC(C)=O)C(=O)Nc2ccc(C(O)(C(F)(F)F)C(F)(F)F)cc2)cc1. The van der Waals surface area contributed by atoms with E-state index in [0.717, 1.165) is 19.1 Å². The molecule has 2 amide bonds. The van der Waals surface area contributed by atoms with Gasteiger partial charge in [-0.05, 0) is 29.8 Å². The molecule has 0 spiro atoms. The molecule has 2 aromatic rings. The van der Waals surface area contributed by atoms with Gasteiger partial charge < -0.3 is 15.7 Å². The number of hydrogen-bond acceptors (Lipinski definition) is 5. The normalized spacial score (nSPS) is 13.7. The van der Waals surface area contributed by atoms with Crippen LogP contribution in [0, 0.1) is 0 Å². The predicted molar refractivity (Wildman–Crippen MR) is 112 cm³/mol. The first-order valence-corrected chi connectivity index (χ1v) is 11.5. The van der Waals surface area contributed by atoms with Crippen LogP contribution in [-0.4, -0.2) is 43.4 Å². The quantitative estimate of drug-likeness (QED) is 0.478. The first kappa shape index (κ1) is 28.1. The maximum atomic E-state index is 13.0. The van der Waals surface area contributed by atoms with Crippen molar-refractivity contribution in [1.82, 2.24) is 5.32 Å². The van der Waals surface area contributed by atoms with E-state index in [-0.39, 0.29) is 21.9 Å². The molecule has 0 aliphatic carbocycles. The largest absolute Gasteiger partial charge is 0.430 e. The Bertz CT molecular complexity index is 1160. The lowest BCUT2D eigenvalue weighted by Gasteiger charge is -2.32. The van der Waals surface area contributed by atoms with E-state index in [4.69, 9.17) is 0 Å². The van der Waals surface area contributed by atoms with Gasteiger partial charge in [0.2, 0.25) is 5.91 Å². The molecule has 2 aromatic carbocycles. The van der Waals surface area contributed by atoms with Crippen LogP contribution in [0.15, 0.2) is 53.4 Å². The summed E-state index contributed by atoms with van der Waals surface area (Å²) >= 11 is 0. The van der Waals surface area contributed by atoms with E-state index in [1.807, 2.05) is 0 Å². The minimum absolute atomic E-state index is 0.0249. The van der Waals surface area contributed by atoms with Crippen molar-refractivity contribution in [2.45, 2.75) is 42.7 Å². The van der Waals surface area contributed by atoms with Crippen LogP contribution in [0.4, 0.5) is 32.0 Å². The highest BCUT2D eigenvalue weighted by Crippen LogP contribution is 2.50. The fourth-order valence-electron chi connectivity index (χ4n) is 3.04. The molecule has 35 heavy (non-hydrogen) atoms. The van der Waals surface area contributed by atoms with E-state index in [2.05, 4.69) is 10.6 Å². The molecule has 192 valence electrons. The van der Waals surface area contributed by atoms with Crippen molar-refractivity contribution in [3.05, 3.63) is 59.7 Å². The highest BCUT2D eigenvalue weighted by molar-refractivity contribution is 7.91. The first-order valence-electron chi connectivity index (χ1n) is 9.81. The number of nitrogens with one attached hydrogen (secondary N) is 2. The Labute approximate surface area is 196 Å². The minimum Gasteiger partial charge on any atom is -0.369 e. The van der Waals surface area contributed by atoms with E-state index in [1.165, 1.54) is 31.2 Å². The van der Waals surface area contributed by atoms with E-state index >= 15 is 0 Å². The van der Waals surface area contributed by atoms with Gasteiger partial charge in [0, 0.05) is 18.2 Å². The fourth-order valence-corrected chi connectivity index (χ4v) is 3.92. The summed E-state index contributed by atoms with van der Waals surface area (Å²) in [4.78, 5) is 24.3. The Hall–Kier alpha value is -3.13. The molecule has 0 bridgehead atoms. The van der Waals surface area contributed by atoms with E-state index < -0.39 is 51.2 Å². The number of carbonyl (C=O) groups excluding carboxylic acids is 2. The number of halogens is 6. The van der Waals surface area contributed by atoms with Crippen LogP contribution >= 0.6 is 0 Å². The molecule has 0 unspecified atom stereocenters. The third-order valence-corrected chi connectivity index (χ3v) is 6.70. The van der Waals surface area contributed by atoms with Gasteiger partial charge in [0.05, 0.1) is 10.6 Å². The summed E-state index contributed by atoms with van der Waals surface area (Å²) in [5, 5.41) is 14.0. The molecule has 0 heterocycles. The molecular formula is C21H20F6N2O5S. The van der Waals surface area contributed by atoms with Gasteiger partial charge in [-0.2, -0.15) is 26.3 Å². The highest BCUT2D eigenvalue weighted by Gasteiger charge is 2.71. The van der Waals surface area contributed by atoms with Crippen molar-refractivity contribution in [1.29, 1.82) is 0 Å². The predicted octanol–water partition coefficient (Wildman–Crippen LogP) is 3.61. The van der Waals surface area contributed by atoms with Crippen LogP contribution in [0.2, 0.25) is 0 Å². The Kier molecular flexibility index (Phi) is 7.91. The van der Waals surface area contributed by atoms with Crippen molar-refractivity contribution in [2.24, 2.45) is 0 Å². The van der Waals surface area contributed by atoms with Crippen molar-refractivity contribution in [3.8, 4) is 0 Å². The Balaban J connectivity index is 2.34.